The zero-order valence-corrected chi connectivity index (χ0v) is 12.7. The first-order chi connectivity index (χ1) is 9.97. The van der Waals surface area contributed by atoms with Crippen molar-refractivity contribution in [1.29, 1.82) is 0 Å². The van der Waals surface area contributed by atoms with E-state index >= 15 is 0 Å². The van der Waals surface area contributed by atoms with Crippen LogP contribution in [0.25, 0.3) is 0 Å². The topological polar surface area (TPSA) is 53.4 Å². The number of carboxylic acid groups (broad SMARTS) is 1. The first-order valence-corrected chi connectivity index (χ1v) is 6.99. The highest BCUT2D eigenvalue weighted by Crippen LogP contribution is 2.22. The highest BCUT2D eigenvalue weighted by Gasteiger charge is 2.13. The van der Waals surface area contributed by atoms with Gasteiger partial charge >= 0.3 is 5.97 Å². The molecule has 1 unspecified atom stereocenters. The van der Waals surface area contributed by atoms with Crippen molar-refractivity contribution in [3.05, 3.63) is 64.4 Å². The molecule has 0 radical (unpaired) electrons. The molecule has 0 amide bonds. The Bertz CT molecular complexity index is 628. The molecule has 21 heavy (non-hydrogen) atoms. The predicted octanol–water partition coefficient (Wildman–Crippen LogP) is 3.63. The first kappa shape index (κ1) is 15.5. The molecule has 2 rings (SSSR count). The molecule has 1 aromatic carbocycles. The normalized spacial score (nSPS) is 12.4. The highest BCUT2D eigenvalue weighted by atomic mass is 35.5. The maximum Gasteiger partial charge on any atom is 0.337 e. The third-order valence-corrected chi connectivity index (χ3v) is 3.71. The number of rotatable bonds is 5. The maximum absolute atomic E-state index is 10.8. The van der Waals surface area contributed by atoms with Gasteiger partial charge in [0.05, 0.1) is 11.3 Å². The second kappa shape index (κ2) is 6.70. The first-order valence-electron chi connectivity index (χ1n) is 6.61. The van der Waals surface area contributed by atoms with E-state index < -0.39 is 5.97 Å². The molecular formula is C16H17ClN2O2. The minimum atomic E-state index is -0.963. The third-order valence-electron chi connectivity index (χ3n) is 3.48. The molecule has 1 heterocycles. The average Bonchev–Trinajstić information content (AvgIpc) is 2.47. The van der Waals surface area contributed by atoms with Crippen LogP contribution in [0.1, 0.15) is 34.6 Å². The Balaban J connectivity index is 2.06. The molecule has 4 nitrogen and oxygen atoms in total. The van der Waals surface area contributed by atoms with Gasteiger partial charge in [-0.3, -0.25) is 9.88 Å². The number of aromatic carboxylic acids is 1. The largest absolute Gasteiger partial charge is 0.478 e. The minimum Gasteiger partial charge on any atom is -0.478 e. The fourth-order valence-corrected chi connectivity index (χ4v) is 2.26. The molecule has 1 atom stereocenters. The summed E-state index contributed by atoms with van der Waals surface area (Å²) in [6.07, 6.45) is 1.38. The molecule has 0 saturated carbocycles. The quantitative estimate of drug-likeness (QED) is 0.916. The summed E-state index contributed by atoms with van der Waals surface area (Å²) in [4.78, 5) is 17.1. The lowest BCUT2D eigenvalue weighted by molar-refractivity contribution is 0.0696. The molecular weight excluding hydrogens is 288 g/mol. The third kappa shape index (κ3) is 4.03. The van der Waals surface area contributed by atoms with Crippen LogP contribution in [0.15, 0.2) is 42.6 Å². The molecule has 0 saturated heterocycles. The molecule has 2 aromatic rings. The van der Waals surface area contributed by atoms with Crippen LogP contribution in [-0.4, -0.2) is 28.0 Å². The van der Waals surface area contributed by atoms with E-state index in [1.807, 2.05) is 31.3 Å². The molecule has 110 valence electrons. The van der Waals surface area contributed by atoms with Crippen LogP contribution in [0.5, 0.6) is 0 Å². The summed E-state index contributed by atoms with van der Waals surface area (Å²) in [7, 11) is 2.00. The molecule has 5 heteroatoms. The number of benzene rings is 1. The lowest BCUT2D eigenvalue weighted by Crippen LogP contribution is -2.22. The van der Waals surface area contributed by atoms with Crippen molar-refractivity contribution in [2.75, 3.05) is 7.05 Å². The number of halogens is 1. The lowest BCUT2D eigenvalue weighted by Gasteiger charge is -2.24. The standard InChI is InChI=1S/C16H17ClN2O2/c1-11(12-4-3-5-14(17)8-12)19(2)10-15-7-6-13(9-18-15)16(20)21/h3-9,11H,10H2,1-2H3,(H,20,21). The van der Waals surface area contributed by atoms with Crippen molar-refractivity contribution in [3.63, 3.8) is 0 Å². The van der Waals surface area contributed by atoms with Crippen LogP contribution in [-0.2, 0) is 6.54 Å². The van der Waals surface area contributed by atoms with Crippen molar-refractivity contribution in [2.24, 2.45) is 0 Å². The van der Waals surface area contributed by atoms with Gasteiger partial charge in [-0.1, -0.05) is 23.7 Å². The van der Waals surface area contributed by atoms with E-state index in [0.29, 0.717) is 6.54 Å². The van der Waals surface area contributed by atoms with Gasteiger partial charge in [0, 0.05) is 23.8 Å². The summed E-state index contributed by atoms with van der Waals surface area (Å²) in [5.41, 5.74) is 2.16. The Morgan fingerprint density at radius 3 is 2.71 bits per heavy atom. The lowest BCUT2D eigenvalue weighted by atomic mass is 10.1. The molecule has 1 aromatic heterocycles. The number of aromatic nitrogens is 1. The average molecular weight is 305 g/mol. The van der Waals surface area contributed by atoms with Gasteiger partial charge in [0.1, 0.15) is 0 Å². The fourth-order valence-electron chi connectivity index (χ4n) is 2.06. The van der Waals surface area contributed by atoms with Crippen molar-refractivity contribution in [3.8, 4) is 0 Å². The minimum absolute atomic E-state index is 0.185. The number of carbonyl (C=O) groups is 1. The monoisotopic (exact) mass is 304 g/mol. The van der Waals surface area contributed by atoms with Gasteiger partial charge in [-0.05, 0) is 43.8 Å². The summed E-state index contributed by atoms with van der Waals surface area (Å²) < 4.78 is 0. The number of hydrogen-bond donors (Lipinski definition) is 1. The van der Waals surface area contributed by atoms with Gasteiger partial charge in [-0.15, -0.1) is 0 Å². The van der Waals surface area contributed by atoms with Crippen molar-refractivity contribution in [2.45, 2.75) is 19.5 Å². The van der Waals surface area contributed by atoms with E-state index in [1.54, 1.807) is 12.1 Å². The van der Waals surface area contributed by atoms with Gasteiger partial charge in [-0.25, -0.2) is 4.79 Å². The predicted molar refractivity (Wildman–Crippen MR) is 82.5 cm³/mol. The van der Waals surface area contributed by atoms with Gasteiger partial charge in [-0.2, -0.15) is 0 Å². The number of carboxylic acids is 1. The molecule has 0 aliphatic heterocycles. The Morgan fingerprint density at radius 2 is 2.14 bits per heavy atom. The Kier molecular flexibility index (Phi) is 4.94. The maximum atomic E-state index is 10.8. The Labute approximate surface area is 129 Å². The summed E-state index contributed by atoms with van der Waals surface area (Å²) in [5, 5.41) is 9.58. The summed E-state index contributed by atoms with van der Waals surface area (Å²) >= 11 is 6.01. The van der Waals surface area contributed by atoms with Crippen LogP contribution >= 0.6 is 11.6 Å². The van der Waals surface area contributed by atoms with Crippen LogP contribution in [0.4, 0.5) is 0 Å². The van der Waals surface area contributed by atoms with Crippen LogP contribution in [0, 0.1) is 0 Å². The second-order valence-electron chi connectivity index (χ2n) is 4.99. The Morgan fingerprint density at radius 1 is 1.38 bits per heavy atom. The van der Waals surface area contributed by atoms with Crippen molar-refractivity contribution < 1.29 is 9.90 Å². The fraction of sp³-hybridized carbons (Fsp3) is 0.250. The summed E-state index contributed by atoms with van der Waals surface area (Å²) in [5.74, 6) is -0.963. The van der Waals surface area contributed by atoms with Gasteiger partial charge in [0.15, 0.2) is 0 Å². The zero-order valence-electron chi connectivity index (χ0n) is 12.0. The van der Waals surface area contributed by atoms with E-state index in [9.17, 15) is 4.79 Å². The van der Waals surface area contributed by atoms with Gasteiger partial charge < -0.3 is 5.11 Å². The van der Waals surface area contributed by atoms with E-state index in [4.69, 9.17) is 16.7 Å². The summed E-state index contributed by atoms with van der Waals surface area (Å²) in [6.45, 7) is 2.73. The van der Waals surface area contributed by atoms with E-state index in [-0.39, 0.29) is 11.6 Å². The molecule has 0 fully saturated rings. The van der Waals surface area contributed by atoms with Crippen LogP contribution in [0.2, 0.25) is 5.02 Å². The van der Waals surface area contributed by atoms with E-state index in [0.717, 1.165) is 16.3 Å². The van der Waals surface area contributed by atoms with Crippen LogP contribution in [0.3, 0.4) is 0 Å². The van der Waals surface area contributed by atoms with Gasteiger partial charge in [0.2, 0.25) is 0 Å². The second-order valence-corrected chi connectivity index (χ2v) is 5.43. The highest BCUT2D eigenvalue weighted by molar-refractivity contribution is 6.30. The molecule has 0 aliphatic carbocycles. The zero-order chi connectivity index (χ0) is 15.4. The smallest absolute Gasteiger partial charge is 0.337 e. The van der Waals surface area contributed by atoms with Gasteiger partial charge in [0.25, 0.3) is 0 Å². The number of pyridine rings is 1. The van der Waals surface area contributed by atoms with Crippen LogP contribution < -0.4 is 0 Å². The van der Waals surface area contributed by atoms with Crippen molar-refractivity contribution >= 4 is 17.6 Å². The molecule has 0 aliphatic rings. The summed E-state index contributed by atoms with van der Waals surface area (Å²) in [6, 6.07) is 11.3. The number of nitrogens with zero attached hydrogens (tertiary/aromatic N) is 2. The Hall–Kier alpha value is -1.91. The molecule has 0 spiro atoms. The number of hydrogen-bond acceptors (Lipinski definition) is 3. The molecule has 0 bridgehead atoms. The van der Waals surface area contributed by atoms with E-state index in [2.05, 4.69) is 16.8 Å². The molecule has 1 N–H and O–H groups in total. The van der Waals surface area contributed by atoms with Crippen molar-refractivity contribution in [1.82, 2.24) is 9.88 Å². The van der Waals surface area contributed by atoms with E-state index in [1.165, 1.54) is 6.20 Å². The SMILES string of the molecule is CC(c1cccc(Cl)c1)N(C)Cc1ccc(C(=O)O)cn1.